The summed E-state index contributed by atoms with van der Waals surface area (Å²) in [4.78, 5) is 4.34. The number of hydrogen-bond acceptors (Lipinski definition) is 4. The van der Waals surface area contributed by atoms with E-state index in [1.54, 1.807) is 29.7 Å². The molecule has 3 nitrogen and oxygen atoms in total. The van der Waals surface area contributed by atoms with E-state index in [0.717, 1.165) is 35.7 Å². The van der Waals surface area contributed by atoms with Crippen molar-refractivity contribution in [3.63, 3.8) is 0 Å². The molecule has 106 valence electrons. The summed E-state index contributed by atoms with van der Waals surface area (Å²) in [6.07, 6.45) is 3.56. The van der Waals surface area contributed by atoms with Crippen LogP contribution in [0.2, 0.25) is 0 Å². The third-order valence-corrected chi connectivity index (χ3v) is 4.30. The van der Waals surface area contributed by atoms with E-state index >= 15 is 0 Å². The van der Waals surface area contributed by atoms with E-state index < -0.39 is 0 Å². The summed E-state index contributed by atoms with van der Waals surface area (Å²) in [7, 11) is 0. The first-order valence-corrected chi connectivity index (χ1v) is 7.74. The summed E-state index contributed by atoms with van der Waals surface area (Å²) in [5, 5.41) is 6.40. The number of halogens is 1. The lowest BCUT2D eigenvalue weighted by Gasteiger charge is -2.32. The zero-order valence-corrected chi connectivity index (χ0v) is 12.1. The summed E-state index contributed by atoms with van der Waals surface area (Å²) in [5.41, 5.74) is 0.909. The lowest BCUT2D eigenvalue weighted by molar-refractivity contribution is 0.151. The van der Waals surface area contributed by atoms with Crippen LogP contribution in [0.15, 0.2) is 29.8 Å². The number of benzene rings is 1. The van der Waals surface area contributed by atoms with Crippen LogP contribution in [-0.2, 0) is 0 Å². The molecule has 0 aliphatic carbocycles. The molecule has 3 rings (SSSR count). The number of nitrogens with zero attached hydrogens (tertiary/aromatic N) is 1. The van der Waals surface area contributed by atoms with Gasteiger partial charge in [0.15, 0.2) is 6.10 Å². The van der Waals surface area contributed by atoms with Crippen molar-refractivity contribution in [1.82, 2.24) is 10.3 Å². The van der Waals surface area contributed by atoms with Gasteiger partial charge in [-0.3, -0.25) is 0 Å². The highest BCUT2D eigenvalue weighted by molar-refractivity contribution is 7.09. The van der Waals surface area contributed by atoms with E-state index in [9.17, 15) is 4.39 Å². The molecule has 0 saturated heterocycles. The molecule has 0 saturated carbocycles. The number of thiazole rings is 1. The van der Waals surface area contributed by atoms with Gasteiger partial charge in [-0.2, -0.15) is 0 Å². The van der Waals surface area contributed by atoms with Gasteiger partial charge in [-0.05, 0) is 31.2 Å². The number of ether oxygens (including phenoxy) is 1. The lowest BCUT2D eigenvalue weighted by Crippen LogP contribution is -2.29. The molecule has 0 spiro atoms. The minimum Gasteiger partial charge on any atom is -0.483 e. The summed E-state index contributed by atoms with van der Waals surface area (Å²) in [6.45, 7) is 3.03. The maximum atomic E-state index is 13.5. The van der Waals surface area contributed by atoms with Crippen molar-refractivity contribution in [1.29, 1.82) is 0 Å². The van der Waals surface area contributed by atoms with Gasteiger partial charge in [0, 0.05) is 29.6 Å². The highest BCUT2D eigenvalue weighted by atomic mass is 32.1. The molecule has 0 amide bonds. The molecule has 0 bridgehead atoms. The van der Waals surface area contributed by atoms with Crippen LogP contribution in [0, 0.1) is 5.82 Å². The van der Waals surface area contributed by atoms with E-state index in [4.69, 9.17) is 4.74 Å². The Hall–Kier alpha value is -1.46. The normalized spacial score (nSPS) is 21.3. The number of aromatic nitrogens is 1. The minimum absolute atomic E-state index is 0.0534. The van der Waals surface area contributed by atoms with Gasteiger partial charge >= 0.3 is 0 Å². The fourth-order valence-electron chi connectivity index (χ4n) is 2.50. The van der Waals surface area contributed by atoms with Crippen LogP contribution in [0.1, 0.15) is 42.5 Å². The van der Waals surface area contributed by atoms with Gasteiger partial charge in [-0.15, -0.1) is 11.3 Å². The molecule has 2 unspecified atom stereocenters. The van der Waals surface area contributed by atoms with Gasteiger partial charge in [0.05, 0.1) is 0 Å². The molecule has 1 aromatic carbocycles. The van der Waals surface area contributed by atoms with Crippen LogP contribution in [0.4, 0.5) is 4.39 Å². The van der Waals surface area contributed by atoms with Crippen molar-refractivity contribution in [2.75, 3.05) is 6.54 Å². The number of nitrogens with one attached hydrogen (secondary N) is 1. The average Bonchev–Trinajstić information content (AvgIpc) is 2.99. The standard InChI is InChI=1S/C15H17FN2OS/c1-2-5-17-12-9-14(15-18-6-7-20-15)19-13-4-3-10(16)8-11(12)13/h3-4,6-8,12,14,17H,2,5,9H2,1H3. The molecule has 2 atom stereocenters. The van der Waals surface area contributed by atoms with E-state index in [0.29, 0.717) is 0 Å². The summed E-state index contributed by atoms with van der Waals surface area (Å²) in [6, 6.07) is 4.84. The zero-order valence-electron chi connectivity index (χ0n) is 11.3. The second-order valence-electron chi connectivity index (χ2n) is 4.90. The number of rotatable bonds is 4. The van der Waals surface area contributed by atoms with Gasteiger partial charge in [-0.1, -0.05) is 6.92 Å². The third kappa shape index (κ3) is 2.69. The molecule has 1 N–H and O–H groups in total. The maximum absolute atomic E-state index is 13.5. The Morgan fingerprint density at radius 3 is 3.15 bits per heavy atom. The van der Waals surface area contributed by atoms with Gasteiger partial charge in [-0.25, -0.2) is 9.37 Å². The first kappa shape index (κ1) is 13.5. The molecule has 2 heterocycles. The molecular weight excluding hydrogens is 275 g/mol. The second-order valence-corrected chi connectivity index (χ2v) is 5.83. The smallest absolute Gasteiger partial charge is 0.152 e. The van der Waals surface area contributed by atoms with Crippen molar-refractivity contribution >= 4 is 11.3 Å². The van der Waals surface area contributed by atoms with Gasteiger partial charge < -0.3 is 10.1 Å². The Morgan fingerprint density at radius 1 is 1.50 bits per heavy atom. The first-order valence-electron chi connectivity index (χ1n) is 6.86. The Kier molecular flexibility index (Phi) is 3.98. The van der Waals surface area contributed by atoms with Crippen molar-refractivity contribution in [3.05, 3.63) is 46.2 Å². The number of hydrogen-bond donors (Lipinski definition) is 1. The van der Waals surface area contributed by atoms with Crippen LogP contribution in [0.25, 0.3) is 0 Å². The van der Waals surface area contributed by atoms with Gasteiger partial charge in [0.25, 0.3) is 0 Å². The van der Waals surface area contributed by atoms with Crippen molar-refractivity contribution in [2.45, 2.75) is 31.9 Å². The monoisotopic (exact) mass is 292 g/mol. The molecule has 2 aromatic rings. The SMILES string of the molecule is CCCNC1CC(c2nccs2)Oc2ccc(F)cc21. The Morgan fingerprint density at radius 2 is 2.40 bits per heavy atom. The fourth-order valence-corrected chi connectivity index (χ4v) is 3.18. The molecule has 0 fully saturated rings. The summed E-state index contributed by atoms with van der Waals surface area (Å²) < 4.78 is 19.4. The van der Waals surface area contributed by atoms with E-state index in [2.05, 4.69) is 17.2 Å². The van der Waals surface area contributed by atoms with Crippen LogP contribution in [0.3, 0.4) is 0 Å². The number of fused-ring (bicyclic) bond motifs is 1. The zero-order chi connectivity index (χ0) is 13.9. The molecule has 0 radical (unpaired) electrons. The lowest BCUT2D eigenvalue weighted by atomic mass is 9.96. The topological polar surface area (TPSA) is 34.2 Å². The maximum Gasteiger partial charge on any atom is 0.152 e. The van der Waals surface area contributed by atoms with Crippen LogP contribution in [0.5, 0.6) is 5.75 Å². The second kappa shape index (κ2) is 5.89. The van der Waals surface area contributed by atoms with Crippen molar-refractivity contribution < 1.29 is 9.13 Å². The predicted molar refractivity (Wildman–Crippen MR) is 77.5 cm³/mol. The van der Waals surface area contributed by atoms with Crippen LogP contribution in [-0.4, -0.2) is 11.5 Å². The Labute approximate surface area is 121 Å². The van der Waals surface area contributed by atoms with E-state index in [1.165, 1.54) is 6.07 Å². The molecule has 1 aliphatic heterocycles. The molecule has 1 aliphatic rings. The minimum atomic E-state index is -0.219. The quantitative estimate of drug-likeness (QED) is 0.929. The van der Waals surface area contributed by atoms with Crippen molar-refractivity contribution in [3.8, 4) is 5.75 Å². The highest BCUT2D eigenvalue weighted by Gasteiger charge is 2.30. The molecule has 1 aromatic heterocycles. The third-order valence-electron chi connectivity index (χ3n) is 3.43. The molecule has 5 heteroatoms. The predicted octanol–water partition coefficient (Wildman–Crippen LogP) is 3.85. The van der Waals surface area contributed by atoms with Crippen LogP contribution >= 0.6 is 11.3 Å². The van der Waals surface area contributed by atoms with Gasteiger partial charge in [0.1, 0.15) is 16.6 Å². The molecular formula is C15H17FN2OS. The van der Waals surface area contributed by atoms with Crippen LogP contribution < -0.4 is 10.1 Å². The largest absolute Gasteiger partial charge is 0.483 e. The summed E-state index contributed by atoms with van der Waals surface area (Å²) >= 11 is 1.60. The first-order chi connectivity index (χ1) is 9.78. The molecule has 20 heavy (non-hydrogen) atoms. The average molecular weight is 292 g/mol. The van der Waals surface area contributed by atoms with Gasteiger partial charge in [0.2, 0.25) is 0 Å². The van der Waals surface area contributed by atoms with Crippen molar-refractivity contribution in [2.24, 2.45) is 0 Å². The Balaban J connectivity index is 1.90. The highest BCUT2D eigenvalue weighted by Crippen LogP contribution is 2.41. The summed E-state index contributed by atoms with van der Waals surface area (Å²) in [5.74, 6) is 0.537. The Bertz CT molecular complexity index is 573. The van der Waals surface area contributed by atoms with E-state index in [-0.39, 0.29) is 18.0 Å². The fraction of sp³-hybridized carbons (Fsp3) is 0.400. The van der Waals surface area contributed by atoms with E-state index in [1.807, 2.05) is 5.38 Å².